The Balaban J connectivity index is 2.01. The highest BCUT2D eigenvalue weighted by atomic mass is 16.6. The van der Waals surface area contributed by atoms with Crippen LogP contribution in [0.25, 0.3) is 10.9 Å². The Hall–Kier alpha value is -3.10. The van der Waals surface area contributed by atoms with Crippen LogP contribution in [0.5, 0.6) is 0 Å². The molecule has 9 nitrogen and oxygen atoms in total. The molecule has 0 saturated carbocycles. The molecule has 0 aliphatic carbocycles. The van der Waals surface area contributed by atoms with Gasteiger partial charge in [0.15, 0.2) is 0 Å². The van der Waals surface area contributed by atoms with Crippen molar-refractivity contribution in [3.63, 3.8) is 0 Å². The van der Waals surface area contributed by atoms with E-state index < -0.39 is 10.5 Å². The molecule has 0 amide bonds. The number of fused-ring (bicyclic) bond motifs is 1. The number of hydrogen-bond acceptors (Lipinski definition) is 7. The maximum Gasteiger partial charge on any atom is 0.270 e. The first-order valence-corrected chi connectivity index (χ1v) is 7.22. The second-order valence-corrected chi connectivity index (χ2v) is 6.39. The summed E-state index contributed by atoms with van der Waals surface area (Å²) in [7, 11) is 0. The molecule has 3 rings (SSSR count). The van der Waals surface area contributed by atoms with Gasteiger partial charge >= 0.3 is 0 Å². The third-order valence-electron chi connectivity index (χ3n) is 3.43. The van der Waals surface area contributed by atoms with Crippen LogP contribution in [-0.2, 0) is 12.0 Å². The van der Waals surface area contributed by atoms with Gasteiger partial charge in [0, 0.05) is 17.5 Å². The predicted molar refractivity (Wildman–Crippen MR) is 84.8 cm³/mol. The minimum absolute atomic E-state index is 0.0492. The Labute approximate surface area is 136 Å². The van der Waals surface area contributed by atoms with Crippen molar-refractivity contribution in [2.24, 2.45) is 0 Å². The van der Waals surface area contributed by atoms with Gasteiger partial charge in [0.05, 0.1) is 22.2 Å². The molecule has 0 radical (unpaired) electrons. The van der Waals surface area contributed by atoms with Gasteiger partial charge in [0.1, 0.15) is 6.54 Å². The molecule has 0 aliphatic rings. The summed E-state index contributed by atoms with van der Waals surface area (Å²) < 4.78 is 6.85. The van der Waals surface area contributed by atoms with E-state index in [0.29, 0.717) is 11.4 Å². The highest BCUT2D eigenvalue weighted by Gasteiger charge is 2.21. The fourth-order valence-corrected chi connectivity index (χ4v) is 2.14. The van der Waals surface area contributed by atoms with Gasteiger partial charge in [-0.3, -0.25) is 19.5 Å². The van der Waals surface area contributed by atoms with Gasteiger partial charge in [0.25, 0.3) is 11.2 Å². The maximum absolute atomic E-state index is 12.5. The van der Waals surface area contributed by atoms with Gasteiger partial charge in [0.2, 0.25) is 11.8 Å². The molecule has 0 saturated heterocycles. The summed E-state index contributed by atoms with van der Waals surface area (Å²) in [5.41, 5.74) is -0.465. The van der Waals surface area contributed by atoms with Crippen molar-refractivity contribution in [1.82, 2.24) is 19.7 Å². The zero-order valence-electron chi connectivity index (χ0n) is 13.4. The van der Waals surface area contributed by atoms with Crippen molar-refractivity contribution in [3.8, 4) is 0 Å². The SMILES string of the molecule is CC(C)(C)c1nnc(Cn2cnc3ccc([N+](=O)[O-])cc3c2=O)o1. The lowest BCUT2D eigenvalue weighted by atomic mass is 9.97. The summed E-state index contributed by atoms with van der Waals surface area (Å²) in [5.74, 6) is 0.739. The van der Waals surface area contributed by atoms with Crippen LogP contribution in [0.15, 0.2) is 33.7 Å². The number of nitrogens with zero attached hydrogens (tertiary/aromatic N) is 5. The predicted octanol–water partition coefficient (Wildman–Crippen LogP) is 2.03. The molecule has 0 fully saturated rings. The van der Waals surface area contributed by atoms with E-state index in [4.69, 9.17) is 4.42 Å². The Morgan fingerprint density at radius 2 is 2.04 bits per heavy atom. The molecule has 0 bridgehead atoms. The Bertz CT molecular complexity index is 983. The topological polar surface area (TPSA) is 117 Å². The molecule has 2 aromatic heterocycles. The number of rotatable bonds is 3. The first-order valence-electron chi connectivity index (χ1n) is 7.22. The summed E-state index contributed by atoms with van der Waals surface area (Å²) in [5, 5.41) is 18.9. The smallest absolute Gasteiger partial charge is 0.270 e. The van der Waals surface area contributed by atoms with Crippen LogP contribution in [-0.4, -0.2) is 24.7 Å². The third kappa shape index (κ3) is 2.87. The van der Waals surface area contributed by atoms with Crippen molar-refractivity contribution in [3.05, 3.63) is 56.8 Å². The van der Waals surface area contributed by atoms with Crippen LogP contribution >= 0.6 is 0 Å². The molecule has 0 atom stereocenters. The number of nitro benzene ring substituents is 1. The highest BCUT2D eigenvalue weighted by molar-refractivity contribution is 5.79. The quantitative estimate of drug-likeness (QED) is 0.533. The lowest BCUT2D eigenvalue weighted by Gasteiger charge is -2.11. The summed E-state index contributed by atoms with van der Waals surface area (Å²) in [4.78, 5) is 27.0. The summed E-state index contributed by atoms with van der Waals surface area (Å²) in [6.07, 6.45) is 1.36. The number of nitro groups is 1. The molecule has 1 aromatic carbocycles. The fourth-order valence-electron chi connectivity index (χ4n) is 2.14. The van der Waals surface area contributed by atoms with Crippen molar-refractivity contribution in [2.45, 2.75) is 32.7 Å². The Kier molecular flexibility index (Phi) is 3.63. The van der Waals surface area contributed by atoms with Crippen molar-refractivity contribution in [1.29, 1.82) is 0 Å². The molecule has 0 spiro atoms. The second-order valence-electron chi connectivity index (χ2n) is 6.39. The monoisotopic (exact) mass is 329 g/mol. The van der Waals surface area contributed by atoms with Gasteiger partial charge in [-0.05, 0) is 6.07 Å². The first kappa shape index (κ1) is 15.8. The molecular formula is C15H15N5O4. The minimum Gasteiger partial charge on any atom is -0.423 e. The standard InChI is InChI=1S/C15H15N5O4/c1-15(2,3)14-18-17-12(24-14)7-19-8-16-11-5-4-9(20(22)23)6-10(11)13(19)21/h4-6,8H,7H2,1-3H3. The summed E-state index contributed by atoms with van der Waals surface area (Å²) >= 11 is 0. The zero-order chi connectivity index (χ0) is 17.5. The average molecular weight is 329 g/mol. The highest BCUT2D eigenvalue weighted by Crippen LogP contribution is 2.20. The van der Waals surface area contributed by atoms with E-state index in [-0.39, 0.29) is 28.9 Å². The fraction of sp³-hybridized carbons (Fsp3) is 0.333. The number of benzene rings is 1. The zero-order valence-corrected chi connectivity index (χ0v) is 13.4. The summed E-state index contributed by atoms with van der Waals surface area (Å²) in [6, 6.07) is 3.98. The second kappa shape index (κ2) is 5.52. The van der Waals surface area contributed by atoms with Crippen LogP contribution in [0.1, 0.15) is 32.6 Å². The number of non-ortho nitro benzene ring substituents is 1. The van der Waals surface area contributed by atoms with E-state index in [1.165, 1.54) is 29.1 Å². The average Bonchev–Trinajstić information content (AvgIpc) is 2.98. The molecule has 0 unspecified atom stereocenters. The van der Waals surface area contributed by atoms with Crippen LogP contribution in [0.4, 0.5) is 5.69 Å². The van der Waals surface area contributed by atoms with Gasteiger partial charge < -0.3 is 4.42 Å². The van der Waals surface area contributed by atoms with E-state index in [0.717, 1.165) is 0 Å². The Morgan fingerprint density at radius 1 is 1.29 bits per heavy atom. The van der Waals surface area contributed by atoms with Crippen molar-refractivity contribution < 1.29 is 9.34 Å². The van der Waals surface area contributed by atoms with Gasteiger partial charge in [-0.2, -0.15) is 0 Å². The summed E-state index contributed by atoms with van der Waals surface area (Å²) in [6.45, 7) is 5.86. The Morgan fingerprint density at radius 3 is 2.67 bits per heavy atom. The molecule has 9 heteroatoms. The lowest BCUT2D eigenvalue weighted by molar-refractivity contribution is -0.384. The van der Waals surface area contributed by atoms with Crippen molar-refractivity contribution in [2.75, 3.05) is 0 Å². The molecule has 3 aromatic rings. The minimum atomic E-state index is -0.552. The largest absolute Gasteiger partial charge is 0.423 e. The molecular weight excluding hydrogens is 314 g/mol. The van der Waals surface area contributed by atoms with Crippen LogP contribution in [0.2, 0.25) is 0 Å². The van der Waals surface area contributed by atoms with Gasteiger partial charge in [-0.25, -0.2) is 4.98 Å². The normalized spacial score (nSPS) is 11.8. The van der Waals surface area contributed by atoms with E-state index in [1.54, 1.807) is 0 Å². The molecule has 0 N–H and O–H groups in total. The van der Waals surface area contributed by atoms with E-state index in [2.05, 4.69) is 15.2 Å². The first-order chi connectivity index (χ1) is 11.3. The van der Waals surface area contributed by atoms with E-state index in [1.807, 2.05) is 20.8 Å². The molecule has 2 heterocycles. The van der Waals surface area contributed by atoms with Crippen LogP contribution < -0.4 is 5.56 Å². The van der Waals surface area contributed by atoms with Gasteiger partial charge in [-0.1, -0.05) is 20.8 Å². The van der Waals surface area contributed by atoms with E-state index in [9.17, 15) is 14.9 Å². The van der Waals surface area contributed by atoms with Crippen LogP contribution in [0.3, 0.4) is 0 Å². The van der Waals surface area contributed by atoms with E-state index >= 15 is 0 Å². The third-order valence-corrected chi connectivity index (χ3v) is 3.43. The van der Waals surface area contributed by atoms with Crippen molar-refractivity contribution >= 4 is 16.6 Å². The molecule has 124 valence electrons. The maximum atomic E-state index is 12.5. The lowest BCUT2D eigenvalue weighted by Crippen LogP contribution is -2.21. The molecule has 0 aliphatic heterocycles. The van der Waals surface area contributed by atoms with Gasteiger partial charge in [-0.15, -0.1) is 10.2 Å². The molecule has 24 heavy (non-hydrogen) atoms. The number of hydrogen-bond donors (Lipinski definition) is 0. The number of aromatic nitrogens is 4. The van der Waals surface area contributed by atoms with Crippen LogP contribution in [0, 0.1) is 10.1 Å².